The zero-order chi connectivity index (χ0) is 13.3. The average Bonchev–Trinajstić information content (AvgIpc) is 2.32. The summed E-state index contributed by atoms with van der Waals surface area (Å²) in [7, 11) is -3.19. The van der Waals surface area contributed by atoms with Gasteiger partial charge in [-0.05, 0) is 19.1 Å². The first kappa shape index (κ1) is 15.2. The highest BCUT2D eigenvalue weighted by Gasteiger charge is 2.13. The van der Waals surface area contributed by atoms with Crippen molar-refractivity contribution in [1.29, 1.82) is 0 Å². The first-order chi connectivity index (χ1) is 8.06. The molecule has 90 valence electrons. The highest BCUT2D eigenvalue weighted by molar-refractivity contribution is 7.91. The van der Waals surface area contributed by atoms with Gasteiger partial charge < -0.3 is 10.1 Å². The third-order valence-corrected chi connectivity index (χ3v) is 3.88. The van der Waals surface area contributed by atoms with Gasteiger partial charge in [-0.1, -0.05) is 17.7 Å². The molecule has 1 aromatic carbocycles. The number of nitrogens with one attached hydrogen (secondary N) is 1. The Morgan fingerprint density at radius 1 is 1.24 bits per heavy atom. The molecule has 0 aliphatic rings. The zero-order valence-electron chi connectivity index (χ0n) is 9.60. The molecule has 0 aliphatic carbocycles. The molecular weight excluding hydrogens is 236 g/mol. The Labute approximate surface area is 102 Å². The van der Waals surface area contributed by atoms with E-state index in [-0.39, 0.29) is 12.3 Å². The third-order valence-electron chi connectivity index (χ3n) is 2.06. The lowest BCUT2D eigenvalue weighted by Gasteiger charge is -2.02. The molecule has 0 aromatic heterocycles. The number of rotatable bonds is 4. The fourth-order valence-electron chi connectivity index (χ4n) is 1.20. The van der Waals surface area contributed by atoms with Crippen LogP contribution in [0.25, 0.3) is 4.85 Å². The van der Waals surface area contributed by atoms with Crippen LogP contribution >= 0.6 is 0 Å². The van der Waals surface area contributed by atoms with E-state index in [0.29, 0.717) is 11.3 Å². The quantitative estimate of drug-likeness (QED) is 0.622. The van der Waals surface area contributed by atoms with Gasteiger partial charge in [0, 0.05) is 6.42 Å². The molecule has 0 radical (unpaired) electrons. The maximum absolute atomic E-state index is 11.7. The summed E-state index contributed by atoms with van der Waals surface area (Å²) in [4.78, 5) is 3.48. The molecule has 0 atom stereocenters. The standard InChI is InChI=1S/C11H13NO2S.CHN/c1-10-4-6-11(7-5-10)15(13,14)9-3-8-12-2;1-2/h4-7H,3,8-9H2,1H3;2H. The number of benzene rings is 1. The van der Waals surface area contributed by atoms with Crippen LogP contribution < -0.4 is 5.26 Å². The van der Waals surface area contributed by atoms with Crippen LogP contribution in [0.3, 0.4) is 0 Å². The van der Waals surface area contributed by atoms with E-state index in [1.807, 2.05) is 6.92 Å². The van der Waals surface area contributed by atoms with E-state index in [2.05, 4.69) is 4.85 Å². The number of hydrogen-bond donors (Lipinski definition) is 1. The summed E-state index contributed by atoms with van der Waals surface area (Å²) in [5.74, 6) is 0.0540. The molecule has 5 heteroatoms. The summed E-state index contributed by atoms with van der Waals surface area (Å²) in [6.45, 7) is 13.8. The number of aryl methyl sites for hydroxylation is 1. The Bertz CT molecular complexity index is 496. The summed E-state index contributed by atoms with van der Waals surface area (Å²) in [6.07, 6.45) is 0.402. The SMILES string of the molecule is [C-]#[N+]CCCS(=O)(=O)c1ccc(C)cc1.[C-]#[NH+]. The molecule has 0 unspecified atom stereocenters. The molecule has 17 heavy (non-hydrogen) atoms. The van der Waals surface area contributed by atoms with Gasteiger partial charge in [0.1, 0.15) is 0 Å². The van der Waals surface area contributed by atoms with Gasteiger partial charge >= 0.3 is 0 Å². The number of hydrogen-bond acceptors (Lipinski definition) is 2. The number of sulfone groups is 1. The Morgan fingerprint density at radius 2 is 1.76 bits per heavy atom. The van der Waals surface area contributed by atoms with Crippen molar-refractivity contribution in [3.8, 4) is 0 Å². The van der Waals surface area contributed by atoms with Crippen molar-refractivity contribution in [3.05, 3.63) is 47.8 Å². The monoisotopic (exact) mass is 250 g/mol. The first-order valence-corrected chi connectivity index (χ1v) is 6.59. The van der Waals surface area contributed by atoms with Gasteiger partial charge in [0.05, 0.1) is 10.6 Å². The normalized spacial score (nSPS) is 9.76. The van der Waals surface area contributed by atoms with Crippen LogP contribution in [-0.2, 0) is 9.84 Å². The lowest BCUT2D eigenvalue weighted by Crippen LogP contribution is -2.10. The van der Waals surface area contributed by atoms with Crippen molar-refractivity contribution < 1.29 is 13.7 Å². The van der Waals surface area contributed by atoms with Crippen LogP contribution in [0.1, 0.15) is 12.0 Å². The predicted molar refractivity (Wildman–Crippen MR) is 63.5 cm³/mol. The van der Waals surface area contributed by atoms with Gasteiger partial charge in [-0.15, -0.1) is 0 Å². The van der Waals surface area contributed by atoms with E-state index in [1.165, 1.54) is 0 Å². The molecule has 0 heterocycles. The largest absolute Gasteiger partial charge is 0.335 e. The fourth-order valence-corrected chi connectivity index (χ4v) is 2.49. The van der Waals surface area contributed by atoms with Gasteiger partial charge in [-0.25, -0.2) is 21.6 Å². The third kappa shape index (κ3) is 5.14. The molecule has 4 nitrogen and oxygen atoms in total. The molecule has 0 bridgehead atoms. The lowest BCUT2D eigenvalue weighted by atomic mass is 10.2. The molecule has 0 saturated carbocycles. The van der Waals surface area contributed by atoms with E-state index >= 15 is 0 Å². The van der Waals surface area contributed by atoms with E-state index in [1.54, 1.807) is 24.3 Å². The fraction of sp³-hybridized carbons (Fsp3) is 0.333. The molecule has 0 spiro atoms. The zero-order valence-corrected chi connectivity index (χ0v) is 10.4. The van der Waals surface area contributed by atoms with Crippen molar-refractivity contribution in [2.75, 3.05) is 12.3 Å². The van der Waals surface area contributed by atoms with Crippen LogP contribution in [0.15, 0.2) is 29.2 Å². The van der Waals surface area contributed by atoms with E-state index in [9.17, 15) is 8.42 Å². The van der Waals surface area contributed by atoms with Crippen molar-refractivity contribution in [1.82, 2.24) is 0 Å². The molecule has 1 rings (SSSR count). The van der Waals surface area contributed by atoms with Gasteiger partial charge in [0.2, 0.25) is 6.54 Å². The van der Waals surface area contributed by atoms with Crippen LogP contribution in [0.5, 0.6) is 0 Å². The summed E-state index contributed by atoms with van der Waals surface area (Å²) in [5.41, 5.74) is 1.04. The Balaban J connectivity index is 0.00000121. The minimum atomic E-state index is -3.19. The Morgan fingerprint density at radius 3 is 2.24 bits per heavy atom. The minimum absolute atomic E-state index is 0.0540. The van der Waals surface area contributed by atoms with Crippen LogP contribution in [0.4, 0.5) is 0 Å². The lowest BCUT2D eigenvalue weighted by molar-refractivity contribution is -0.0997. The first-order valence-electron chi connectivity index (χ1n) is 4.94. The predicted octanol–water partition coefficient (Wildman–Crippen LogP) is 0.424. The second kappa shape index (κ2) is 7.43. The molecule has 0 aliphatic heterocycles. The summed E-state index contributed by atoms with van der Waals surface area (Å²) in [6, 6.07) is 6.79. The van der Waals surface area contributed by atoms with Crippen LogP contribution in [-0.4, -0.2) is 20.7 Å². The minimum Gasteiger partial charge on any atom is -0.335 e. The van der Waals surface area contributed by atoms with Gasteiger partial charge in [-0.3, -0.25) is 0 Å². The summed E-state index contributed by atoms with van der Waals surface area (Å²) < 4.78 is 23.4. The number of nitrogens with zero attached hydrogens (tertiary/aromatic N) is 1. The highest BCUT2D eigenvalue weighted by atomic mass is 32.2. The molecule has 1 N–H and O–H groups in total. The maximum Gasteiger partial charge on any atom is 0.215 e. The van der Waals surface area contributed by atoms with E-state index < -0.39 is 9.84 Å². The van der Waals surface area contributed by atoms with Crippen molar-refractivity contribution >= 4 is 9.84 Å². The molecular formula is C12H14N2O2S. The summed E-state index contributed by atoms with van der Waals surface area (Å²) >= 11 is 0. The molecule has 0 fully saturated rings. The molecule has 0 saturated heterocycles. The smallest absolute Gasteiger partial charge is 0.215 e. The van der Waals surface area contributed by atoms with E-state index in [4.69, 9.17) is 18.4 Å². The van der Waals surface area contributed by atoms with Crippen molar-refractivity contribution in [2.45, 2.75) is 18.2 Å². The average molecular weight is 250 g/mol. The maximum atomic E-state index is 11.7. The van der Waals surface area contributed by atoms with Crippen molar-refractivity contribution in [2.24, 2.45) is 0 Å². The second-order valence-corrected chi connectivity index (χ2v) is 5.48. The Hall–Kier alpha value is -1.85. The highest BCUT2D eigenvalue weighted by Crippen LogP contribution is 2.12. The van der Waals surface area contributed by atoms with Gasteiger partial charge in [0.25, 0.3) is 0 Å². The Kier molecular flexibility index (Phi) is 6.62. The van der Waals surface area contributed by atoms with Crippen molar-refractivity contribution in [3.63, 3.8) is 0 Å². The topological polar surface area (TPSA) is 62.3 Å². The molecule has 1 aromatic rings. The van der Waals surface area contributed by atoms with Gasteiger partial charge in [0.15, 0.2) is 9.84 Å². The van der Waals surface area contributed by atoms with Crippen LogP contribution in [0, 0.1) is 20.1 Å². The van der Waals surface area contributed by atoms with Crippen LogP contribution in [0.2, 0.25) is 0 Å². The van der Waals surface area contributed by atoms with Gasteiger partial charge in [-0.2, -0.15) is 0 Å². The van der Waals surface area contributed by atoms with E-state index in [0.717, 1.165) is 5.56 Å². The molecule has 0 amide bonds. The summed E-state index contributed by atoms with van der Waals surface area (Å²) in [5, 5.41) is 5.00. The second-order valence-electron chi connectivity index (χ2n) is 3.37.